The van der Waals surface area contributed by atoms with Gasteiger partial charge in [-0.3, -0.25) is 4.79 Å². The Morgan fingerprint density at radius 1 is 1.09 bits per heavy atom. The summed E-state index contributed by atoms with van der Waals surface area (Å²) in [5.41, 5.74) is 2.42. The number of piperidine rings is 1. The van der Waals surface area contributed by atoms with Gasteiger partial charge in [-0.05, 0) is 68.4 Å². The zero-order valence-electron chi connectivity index (χ0n) is 19.8. The third-order valence-electron chi connectivity index (χ3n) is 6.02. The van der Waals surface area contributed by atoms with Crippen LogP contribution in [0.15, 0.2) is 48.5 Å². The number of methoxy groups -OCH3 is 1. The standard InChI is InChI=1S/C26H34N2O4/c1-25(2,3)32-24(30)27-16-14-26(4,15-17-27)22-8-6-7-9-23(22)28(19-29)18-20-10-12-21(31-5)13-11-20/h6-13,19H,14-18H2,1-5H3. The number of likely N-dealkylation sites (tertiary alicyclic amines) is 1. The average molecular weight is 439 g/mol. The molecule has 0 bridgehead atoms. The maximum Gasteiger partial charge on any atom is 0.410 e. The van der Waals surface area contributed by atoms with E-state index in [1.165, 1.54) is 0 Å². The molecular weight excluding hydrogens is 404 g/mol. The Morgan fingerprint density at radius 3 is 2.28 bits per heavy atom. The van der Waals surface area contributed by atoms with Crippen molar-refractivity contribution in [2.45, 2.75) is 58.1 Å². The van der Waals surface area contributed by atoms with Crippen LogP contribution in [-0.4, -0.2) is 43.2 Å². The van der Waals surface area contributed by atoms with Crippen LogP contribution in [0.5, 0.6) is 5.75 Å². The molecule has 1 heterocycles. The molecule has 0 atom stereocenters. The molecule has 2 aromatic rings. The predicted molar refractivity (Wildman–Crippen MR) is 126 cm³/mol. The molecular formula is C26H34N2O4. The molecule has 1 aliphatic heterocycles. The van der Waals surface area contributed by atoms with Gasteiger partial charge in [-0.15, -0.1) is 0 Å². The minimum Gasteiger partial charge on any atom is -0.497 e. The maximum atomic E-state index is 12.5. The van der Waals surface area contributed by atoms with E-state index in [4.69, 9.17) is 9.47 Å². The lowest BCUT2D eigenvalue weighted by molar-refractivity contribution is -0.107. The number of ether oxygens (including phenoxy) is 2. The van der Waals surface area contributed by atoms with E-state index in [1.807, 2.05) is 63.2 Å². The fourth-order valence-electron chi connectivity index (χ4n) is 4.12. The highest BCUT2D eigenvalue weighted by Gasteiger charge is 2.36. The van der Waals surface area contributed by atoms with Crippen LogP contribution in [-0.2, 0) is 21.5 Å². The first-order valence-electron chi connectivity index (χ1n) is 11.1. The number of benzene rings is 2. The van der Waals surface area contributed by atoms with E-state index in [2.05, 4.69) is 13.0 Å². The number of para-hydroxylation sites is 1. The molecule has 0 N–H and O–H groups in total. The number of hydrogen-bond donors (Lipinski definition) is 0. The van der Waals surface area contributed by atoms with Gasteiger partial charge in [0.2, 0.25) is 6.41 Å². The second-order valence-corrected chi connectivity index (χ2v) is 9.63. The molecule has 2 amide bonds. The van der Waals surface area contributed by atoms with Gasteiger partial charge in [0.15, 0.2) is 0 Å². The number of carbonyl (C=O) groups excluding carboxylic acids is 2. The highest BCUT2D eigenvalue weighted by atomic mass is 16.6. The van der Waals surface area contributed by atoms with E-state index in [0.29, 0.717) is 19.6 Å². The van der Waals surface area contributed by atoms with Crippen molar-refractivity contribution in [3.8, 4) is 5.75 Å². The zero-order chi connectivity index (χ0) is 23.4. The lowest BCUT2D eigenvalue weighted by Crippen LogP contribution is -2.46. The summed E-state index contributed by atoms with van der Waals surface area (Å²) in [6.07, 6.45) is 2.24. The third kappa shape index (κ3) is 5.61. The molecule has 172 valence electrons. The first-order valence-corrected chi connectivity index (χ1v) is 11.1. The minimum atomic E-state index is -0.504. The van der Waals surface area contributed by atoms with E-state index in [1.54, 1.807) is 16.9 Å². The second kappa shape index (κ2) is 9.63. The van der Waals surface area contributed by atoms with Gasteiger partial charge in [-0.2, -0.15) is 0 Å². The van der Waals surface area contributed by atoms with E-state index in [-0.39, 0.29) is 11.5 Å². The molecule has 0 aromatic heterocycles. The zero-order valence-corrected chi connectivity index (χ0v) is 19.8. The first kappa shape index (κ1) is 23.6. The largest absolute Gasteiger partial charge is 0.497 e. The summed E-state index contributed by atoms with van der Waals surface area (Å²) in [5.74, 6) is 0.788. The van der Waals surface area contributed by atoms with E-state index in [9.17, 15) is 9.59 Å². The summed E-state index contributed by atoms with van der Waals surface area (Å²) >= 11 is 0. The Morgan fingerprint density at radius 2 is 1.72 bits per heavy atom. The number of amides is 2. The highest BCUT2D eigenvalue weighted by molar-refractivity contribution is 5.78. The van der Waals surface area contributed by atoms with Crippen LogP contribution in [0.3, 0.4) is 0 Å². The second-order valence-electron chi connectivity index (χ2n) is 9.63. The van der Waals surface area contributed by atoms with Crippen LogP contribution in [0.4, 0.5) is 10.5 Å². The molecule has 1 saturated heterocycles. The minimum absolute atomic E-state index is 0.143. The van der Waals surface area contributed by atoms with Crippen molar-refractivity contribution in [1.82, 2.24) is 4.90 Å². The Bertz CT molecular complexity index is 926. The smallest absolute Gasteiger partial charge is 0.410 e. The number of rotatable bonds is 6. The molecule has 6 heteroatoms. The Hall–Kier alpha value is -3.02. The lowest BCUT2D eigenvalue weighted by Gasteiger charge is -2.41. The monoisotopic (exact) mass is 438 g/mol. The normalized spacial score (nSPS) is 15.7. The van der Waals surface area contributed by atoms with Crippen molar-refractivity contribution >= 4 is 18.2 Å². The van der Waals surface area contributed by atoms with Crippen LogP contribution in [0.1, 0.15) is 51.7 Å². The van der Waals surface area contributed by atoms with Crippen molar-refractivity contribution in [2.75, 3.05) is 25.1 Å². The van der Waals surface area contributed by atoms with Gasteiger partial charge in [0.1, 0.15) is 11.4 Å². The van der Waals surface area contributed by atoms with Crippen LogP contribution >= 0.6 is 0 Å². The number of hydrogen-bond acceptors (Lipinski definition) is 4. The van der Waals surface area contributed by atoms with E-state index < -0.39 is 5.60 Å². The van der Waals surface area contributed by atoms with Crippen molar-refractivity contribution in [1.29, 1.82) is 0 Å². The molecule has 1 fully saturated rings. The summed E-state index contributed by atoms with van der Waals surface area (Å²) in [6, 6.07) is 15.8. The third-order valence-corrected chi connectivity index (χ3v) is 6.02. The number of carbonyl (C=O) groups is 2. The fourth-order valence-corrected chi connectivity index (χ4v) is 4.12. The summed E-state index contributed by atoms with van der Waals surface area (Å²) < 4.78 is 10.8. The summed E-state index contributed by atoms with van der Waals surface area (Å²) in [6.45, 7) is 9.59. The van der Waals surface area contributed by atoms with Crippen molar-refractivity contribution < 1.29 is 19.1 Å². The molecule has 1 aliphatic rings. The summed E-state index contributed by atoms with van der Waals surface area (Å²) in [7, 11) is 1.64. The first-order chi connectivity index (χ1) is 15.1. The number of nitrogens with zero attached hydrogens (tertiary/aromatic N) is 2. The van der Waals surface area contributed by atoms with Gasteiger partial charge in [-0.25, -0.2) is 4.79 Å². The molecule has 0 spiro atoms. The summed E-state index contributed by atoms with van der Waals surface area (Å²) in [4.78, 5) is 28.1. The van der Waals surface area contributed by atoms with Gasteiger partial charge in [0.05, 0.1) is 13.7 Å². The average Bonchev–Trinajstić information content (AvgIpc) is 2.77. The molecule has 0 aliphatic carbocycles. The molecule has 0 saturated carbocycles. The number of anilines is 1. The van der Waals surface area contributed by atoms with Crippen molar-refractivity contribution in [3.63, 3.8) is 0 Å². The van der Waals surface area contributed by atoms with Gasteiger partial charge < -0.3 is 19.3 Å². The van der Waals surface area contributed by atoms with Crippen molar-refractivity contribution in [2.24, 2.45) is 0 Å². The van der Waals surface area contributed by atoms with Crippen LogP contribution in [0.25, 0.3) is 0 Å². The van der Waals surface area contributed by atoms with Crippen molar-refractivity contribution in [3.05, 3.63) is 59.7 Å². The molecule has 3 rings (SSSR count). The topological polar surface area (TPSA) is 59.1 Å². The Balaban J connectivity index is 1.77. The molecule has 0 unspecified atom stereocenters. The highest BCUT2D eigenvalue weighted by Crippen LogP contribution is 2.40. The molecule has 6 nitrogen and oxygen atoms in total. The molecule has 0 radical (unpaired) electrons. The predicted octanol–water partition coefficient (Wildman–Crippen LogP) is 5.15. The van der Waals surface area contributed by atoms with Gasteiger partial charge in [-0.1, -0.05) is 37.3 Å². The quantitative estimate of drug-likeness (QED) is 0.586. The summed E-state index contributed by atoms with van der Waals surface area (Å²) in [5, 5.41) is 0. The lowest BCUT2D eigenvalue weighted by atomic mass is 9.73. The maximum absolute atomic E-state index is 12.5. The SMILES string of the molecule is COc1ccc(CN(C=O)c2ccccc2C2(C)CCN(C(=O)OC(C)(C)C)CC2)cc1. The molecule has 2 aromatic carbocycles. The van der Waals surface area contributed by atoms with Crippen LogP contribution in [0, 0.1) is 0 Å². The fraction of sp³-hybridized carbons (Fsp3) is 0.462. The Labute approximate surface area is 191 Å². The Kier molecular flexibility index (Phi) is 7.12. The van der Waals surface area contributed by atoms with Gasteiger partial charge in [0.25, 0.3) is 0 Å². The van der Waals surface area contributed by atoms with E-state index >= 15 is 0 Å². The van der Waals surface area contributed by atoms with E-state index in [0.717, 1.165) is 41.8 Å². The van der Waals surface area contributed by atoms with Crippen LogP contribution < -0.4 is 9.64 Å². The van der Waals surface area contributed by atoms with Gasteiger partial charge >= 0.3 is 6.09 Å². The van der Waals surface area contributed by atoms with Gasteiger partial charge in [0, 0.05) is 18.8 Å². The molecule has 32 heavy (non-hydrogen) atoms. The van der Waals surface area contributed by atoms with Crippen LogP contribution in [0.2, 0.25) is 0 Å².